The van der Waals surface area contributed by atoms with E-state index in [0.29, 0.717) is 5.69 Å². The number of nitrogens with two attached hydrogens (primary N) is 1. The Bertz CT molecular complexity index is 968. The van der Waals surface area contributed by atoms with Gasteiger partial charge in [0.1, 0.15) is 12.0 Å². The summed E-state index contributed by atoms with van der Waals surface area (Å²) in [7, 11) is 0. The molecule has 0 radical (unpaired) electrons. The average Bonchev–Trinajstić information content (AvgIpc) is 3.12. The van der Waals surface area contributed by atoms with Crippen LogP contribution in [0.5, 0.6) is 0 Å². The summed E-state index contributed by atoms with van der Waals surface area (Å²) in [6.45, 7) is 1.82. The number of aromatic nitrogens is 2. The Balaban J connectivity index is 1.59. The van der Waals surface area contributed by atoms with Crippen molar-refractivity contribution in [3.63, 3.8) is 0 Å². The van der Waals surface area contributed by atoms with Crippen LogP contribution >= 0.6 is 0 Å². The molecule has 0 fully saturated rings. The van der Waals surface area contributed by atoms with E-state index in [2.05, 4.69) is 68.3 Å². The number of para-hydroxylation sites is 2. The molecule has 3 aromatic rings. The van der Waals surface area contributed by atoms with Gasteiger partial charge in [0.15, 0.2) is 11.6 Å². The van der Waals surface area contributed by atoms with Crippen LogP contribution in [-0.2, 0) is 12.8 Å². The van der Waals surface area contributed by atoms with Crippen molar-refractivity contribution in [3.8, 4) is 0 Å². The number of fused-ring (bicyclic) bond motifs is 2. The van der Waals surface area contributed by atoms with Crippen LogP contribution in [0, 0.1) is 0 Å². The summed E-state index contributed by atoms with van der Waals surface area (Å²) >= 11 is 0. The fourth-order valence-electron chi connectivity index (χ4n) is 4.12. The Morgan fingerprint density at radius 3 is 2.00 bits per heavy atom. The van der Waals surface area contributed by atoms with E-state index >= 15 is 0 Å². The van der Waals surface area contributed by atoms with Gasteiger partial charge in [-0.05, 0) is 42.5 Å². The zero-order chi connectivity index (χ0) is 17.5. The number of anilines is 5. The molecule has 26 heavy (non-hydrogen) atoms. The molecule has 1 aromatic heterocycles. The highest BCUT2D eigenvalue weighted by Gasteiger charge is 2.27. The van der Waals surface area contributed by atoms with Gasteiger partial charge in [-0.25, -0.2) is 9.97 Å². The van der Waals surface area contributed by atoms with E-state index in [0.717, 1.165) is 44.0 Å². The molecule has 0 aliphatic carbocycles. The van der Waals surface area contributed by atoms with Gasteiger partial charge in [0.05, 0.1) is 0 Å². The van der Waals surface area contributed by atoms with Gasteiger partial charge in [-0.15, -0.1) is 0 Å². The number of rotatable bonds is 2. The van der Waals surface area contributed by atoms with E-state index in [1.807, 2.05) is 0 Å². The largest absolute Gasteiger partial charge is 0.393 e. The minimum Gasteiger partial charge on any atom is -0.393 e. The van der Waals surface area contributed by atoms with Crippen LogP contribution in [0.4, 0.5) is 28.7 Å². The molecule has 130 valence electrons. The Morgan fingerprint density at radius 1 is 0.731 bits per heavy atom. The molecule has 0 spiro atoms. The van der Waals surface area contributed by atoms with Crippen molar-refractivity contribution in [2.45, 2.75) is 19.3 Å². The molecule has 5 nitrogen and oxygen atoms in total. The van der Waals surface area contributed by atoms with E-state index in [-0.39, 0.29) is 0 Å². The predicted molar refractivity (Wildman–Crippen MR) is 105 cm³/mol. The second-order valence-electron chi connectivity index (χ2n) is 6.85. The highest BCUT2D eigenvalue weighted by atomic mass is 15.3. The Labute approximate surface area is 153 Å². The molecule has 0 amide bonds. The summed E-state index contributed by atoms with van der Waals surface area (Å²) in [6, 6.07) is 17.0. The van der Waals surface area contributed by atoms with Gasteiger partial charge in [-0.2, -0.15) is 0 Å². The second kappa shape index (κ2) is 6.02. The molecule has 0 unspecified atom stereocenters. The van der Waals surface area contributed by atoms with Crippen LogP contribution in [0.1, 0.15) is 17.5 Å². The molecule has 0 saturated carbocycles. The van der Waals surface area contributed by atoms with E-state index in [1.54, 1.807) is 6.33 Å². The topological polar surface area (TPSA) is 58.3 Å². The molecule has 2 aliphatic rings. The molecule has 0 saturated heterocycles. The lowest BCUT2D eigenvalue weighted by atomic mass is 10.0. The molecular formula is C21H21N5. The first-order chi connectivity index (χ1) is 12.8. The maximum absolute atomic E-state index is 6.60. The van der Waals surface area contributed by atoms with Crippen LogP contribution in [0.25, 0.3) is 0 Å². The third-order valence-corrected chi connectivity index (χ3v) is 5.35. The molecule has 0 bridgehead atoms. The van der Waals surface area contributed by atoms with Crippen LogP contribution < -0.4 is 15.5 Å². The van der Waals surface area contributed by atoms with E-state index in [9.17, 15) is 0 Å². The summed E-state index contributed by atoms with van der Waals surface area (Å²) in [5.74, 6) is 1.62. The second-order valence-corrected chi connectivity index (χ2v) is 6.85. The van der Waals surface area contributed by atoms with Crippen LogP contribution in [0.3, 0.4) is 0 Å². The van der Waals surface area contributed by atoms with Crippen LogP contribution in [0.15, 0.2) is 54.9 Å². The van der Waals surface area contributed by atoms with Crippen molar-refractivity contribution >= 4 is 28.7 Å². The first kappa shape index (κ1) is 15.2. The third-order valence-electron chi connectivity index (χ3n) is 5.35. The standard InChI is InChI=1S/C21H21N5/c22-19-20(25-12-5-8-15-6-1-3-9-17(15)25)23-14-24-21(19)26-13-11-16-7-2-4-10-18(16)26/h1-4,6-7,9-10,14H,5,8,11-13,22H2. The lowest BCUT2D eigenvalue weighted by Crippen LogP contribution is -2.27. The zero-order valence-electron chi connectivity index (χ0n) is 14.6. The maximum Gasteiger partial charge on any atom is 0.161 e. The third kappa shape index (κ3) is 2.31. The fourth-order valence-corrected chi connectivity index (χ4v) is 4.12. The zero-order valence-corrected chi connectivity index (χ0v) is 14.6. The fraction of sp³-hybridized carbons (Fsp3) is 0.238. The molecule has 2 aliphatic heterocycles. The normalized spacial score (nSPS) is 15.7. The lowest BCUT2D eigenvalue weighted by Gasteiger charge is -2.32. The number of hydrogen-bond acceptors (Lipinski definition) is 5. The average molecular weight is 343 g/mol. The first-order valence-corrected chi connectivity index (χ1v) is 9.14. The molecule has 2 aromatic carbocycles. The van der Waals surface area contributed by atoms with Crippen molar-refractivity contribution in [1.29, 1.82) is 0 Å². The Hall–Kier alpha value is -3.08. The molecule has 5 heteroatoms. The van der Waals surface area contributed by atoms with E-state index in [1.165, 1.54) is 22.5 Å². The lowest BCUT2D eigenvalue weighted by molar-refractivity contribution is 0.759. The molecule has 5 rings (SSSR count). The molecule has 2 N–H and O–H groups in total. The van der Waals surface area contributed by atoms with Gasteiger partial charge in [0.2, 0.25) is 0 Å². The first-order valence-electron chi connectivity index (χ1n) is 9.14. The van der Waals surface area contributed by atoms with Crippen molar-refractivity contribution in [2.24, 2.45) is 0 Å². The monoisotopic (exact) mass is 343 g/mol. The van der Waals surface area contributed by atoms with Gasteiger partial charge in [0, 0.05) is 24.5 Å². The van der Waals surface area contributed by atoms with Crippen molar-refractivity contribution < 1.29 is 0 Å². The Kier molecular flexibility index (Phi) is 3.52. The van der Waals surface area contributed by atoms with Gasteiger partial charge >= 0.3 is 0 Å². The highest BCUT2D eigenvalue weighted by molar-refractivity contribution is 5.84. The van der Waals surface area contributed by atoms with E-state index < -0.39 is 0 Å². The van der Waals surface area contributed by atoms with Crippen molar-refractivity contribution in [1.82, 2.24) is 9.97 Å². The minimum atomic E-state index is 0.654. The quantitative estimate of drug-likeness (QED) is 0.766. The number of aryl methyl sites for hydroxylation is 1. The maximum atomic E-state index is 6.60. The predicted octanol–water partition coefficient (Wildman–Crippen LogP) is 3.84. The number of benzene rings is 2. The van der Waals surface area contributed by atoms with Crippen molar-refractivity contribution in [2.75, 3.05) is 28.6 Å². The van der Waals surface area contributed by atoms with Gasteiger partial charge < -0.3 is 15.5 Å². The van der Waals surface area contributed by atoms with Crippen LogP contribution in [-0.4, -0.2) is 23.1 Å². The SMILES string of the molecule is Nc1c(N2CCCc3ccccc32)ncnc1N1CCc2ccccc21. The smallest absolute Gasteiger partial charge is 0.161 e. The van der Waals surface area contributed by atoms with Crippen molar-refractivity contribution in [3.05, 3.63) is 66.0 Å². The van der Waals surface area contributed by atoms with Gasteiger partial charge in [-0.1, -0.05) is 36.4 Å². The minimum absolute atomic E-state index is 0.654. The summed E-state index contributed by atoms with van der Waals surface area (Å²) in [4.78, 5) is 13.5. The molecule has 0 atom stereocenters. The van der Waals surface area contributed by atoms with Crippen LogP contribution in [0.2, 0.25) is 0 Å². The summed E-state index contributed by atoms with van der Waals surface area (Å²) in [5.41, 5.74) is 12.4. The van der Waals surface area contributed by atoms with E-state index in [4.69, 9.17) is 5.73 Å². The van der Waals surface area contributed by atoms with Gasteiger partial charge in [-0.3, -0.25) is 0 Å². The summed E-state index contributed by atoms with van der Waals surface area (Å²) < 4.78 is 0. The summed E-state index contributed by atoms with van der Waals surface area (Å²) in [6.07, 6.45) is 4.85. The number of nitrogen functional groups attached to an aromatic ring is 1. The number of nitrogens with zero attached hydrogens (tertiary/aromatic N) is 4. The summed E-state index contributed by atoms with van der Waals surface area (Å²) in [5, 5.41) is 0. The van der Waals surface area contributed by atoms with Gasteiger partial charge in [0.25, 0.3) is 0 Å². The molecular weight excluding hydrogens is 322 g/mol. The Morgan fingerprint density at radius 2 is 1.31 bits per heavy atom. The number of hydrogen-bond donors (Lipinski definition) is 1. The molecule has 3 heterocycles. The highest BCUT2D eigenvalue weighted by Crippen LogP contribution is 2.41.